The molecule has 0 amide bonds. The van der Waals surface area contributed by atoms with Crippen molar-refractivity contribution < 1.29 is 28.6 Å². The van der Waals surface area contributed by atoms with E-state index in [1.54, 1.807) is 0 Å². The standard InChI is InChI=1S/C11H16O6/c1-7(13)16-10-3-9(15-6-12)4-11(5-10)17-8(2)14/h6,9-11H,3-5H2,1-2H3. The Morgan fingerprint density at radius 2 is 1.35 bits per heavy atom. The average Bonchev–Trinajstić information content (AvgIpc) is 2.14. The molecule has 0 N–H and O–H groups in total. The summed E-state index contributed by atoms with van der Waals surface area (Å²) in [5.41, 5.74) is 0. The second-order valence-corrected chi connectivity index (χ2v) is 4.02. The zero-order valence-corrected chi connectivity index (χ0v) is 9.88. The number of hydrogen-bond acceptors (Lipinski definition) is 6. The predicted molar refractivity (Wildman–Crippen MR) is 55.9 cm³/mol. The Hall–Kier alpha value is -1.59. The molecule has 0 heterocycles. The first-order valence-corrected chi connectivity index (χ1v) is 5.44. The molecule has 0 aliphatic heterocycles. The highest BCUT2D eigenvalue weighted by Gasteiger charge is 2.33. The molecule has 1 saturated carbocycles. The van der Waals surface area contributed by atoms with Gasteiger partial charge in [0, 0.05) is 33.1 Å². The number of carbonyl (C=O) groups excluding carboxylic acids is 3. The molecule has 2 unspecified atom stereocenters. The molecular formula is C11H16O6. The van der Waals surface area contributed by atoms with E-state index in [0.717, 1.165) is 0 Å². The van der Waals surface area contributed by atoms with Crippen LogP contribution < -0.4 is 0 Å². The Morgan fingerprint density at radius 1 is 0.941 bits per heavy atom. The molecule has 0 aromatic rings. The molecule has 0 aromatic heterocycles. The summed E-state index contributed by atoms with van der Waals surface area (Å²) in [5.74, 6) is -0.799. The summed E-state index contributed by atoms with van der Waals surface area (Å²) >= 11 is 0. The van der Waals surface area contributed by atoms with Gasteiger partial charge in [0.2, 0.25) is 0 Å². The van der Waals surface area contributed by atoms with Gasteiger partial charge in [0.1, 0.15) is 18.3 Å². The average molecular weight is 244 g/mol. The van der Waals surface area contributed by atoms with Crippen LogP contribution >= 0.6 is 0 Å². The molecule has 1 aliphatic carbocycles. The van der Waals surface area contributed by atoms with Crippen LogP contribution in [0.25, 0.3) is 0 Å². The maximum absolute atomic E-state index is 10.9. The highest BCUT2D eigenvalue weighted by atomic mass is 16.6. The molecule has 0 bridgehead atoms. The van der Waals surface area contributed by atoms with E-state index in [9.17, 15) is 14.4 Å². The Bertz CT molecular complexity index is 276. The van der Waals surface area contributed by atoms with Crippen LogP contribution in [0.2, 0.25) is 0 Å². The van der Waals surface area contributed by atoms with Gasteiger partial charge in [-0.3, -0.25) is 14.4 Å². The highest BCUT2D eigenvalue weighted by Crippen LogP contribution is 2.26. The summed E-state index contributed by atoms with van der Waals surface area (Å²) in [7, 11) is 0. The van der Waals surface area contributed by atoms with Crippen molar-refractivity contribution in [2.75, 3.05) is 0 Å². The van der Waals surface area contributed by atoms with Gasteiger partial charge in [-0.25, -0.2) is 0 Å². The maximum atomic E-state index is 10.9. The summed E-state index contributed by atoms with van der Waals surface area (Å²) in [6, 6.07) is 0. The third-order valence-electron chi connectivity index (χ3n) is 2.49. The fourth-order valence-corrected chi connectivity index (χ4v) is 2.02. The number of carbonyl (C=O) groups is 3. The molecule has 0 radical (unpaired) electrons. The third kappa shape index (κ3) is 4.84. The second-order valence-electron chi connectivity index (χ2n) is 4.02. The van der Waals surface area contributed by atoms with Crippen molar-refractivity contribution in [3.63, 3.8) is 0 Å². The Labute approximate surface area is 99.2 Å². The van der Waals surface area contributed by atoms with Crippen LogP contribution in [0.15, 0.2) is 0 Å². The van der Waals surface area contributed by atoms with E-state index in [1.165, 1.54) is 13.8 Å². The van der Waals surface area contributed by atoms with Gasteiger partial charge < -0.3 is 14.2 Å². The molecule has 0 aromatic carbocycles. The van der Waals surface area contributed by atoms with E-state index in [-0.39, 0.29) is 18.3 Å². The van der Waals surface area contributed by atoms with E-state index < -0.39 is 11.9 Å². The van der Waals surface area contributed by atoms with Gasteiger partial charge in [-0.1, -0.05) is 0 Å². The third-order valence-corrected chi connectivity index (χ3v) is 2.49. The largest absolute Gasteiger partial charge is 0.464 e. The van der Waals surface area contributed by atoms with Crippen LogP contribution in [0.1, 0.15) is 33.1 Å². The van der Waals surface area contributed by atoms with Crippen molar-refractivity contribution >= 4 is 18.4 Å². The quantitative estimate of drug-likeness (QED) is 0.409. The van der Waals surface area contributed by atoms with E-state index in [1.807, 2.05) is 0 Å². The Kier molecular flexibility index (Phi) is 4.93. The van der Waals surface area contributed by atoms with Crippen molar-refractivity contribution in [1.29, 1.82) is 0 Å². The van der Waals surface area contributed by atoms with Gasteiger partial charge in [0.25, 0.3) is 6.47 Å². The topological polar surface area (TPSA) is 78.9 Å². The molecule has 0 saturated heterocycles. The maximum Gasteiger partial charge on any atom is 0.302 e. The summed E-state index contributed by atoms with van der Waals surface area (Å²) in [6.07, 6.45) is 0.186. The summed E-state index contributed by atoms with van der Waals surface area (Å²) in [4.78, 5) is 32.0. The Balaban J connectivity index is 2.58. The molecule has 1 rings (SSSR count). The summed E-state index contributed by atoms with van der Waals surface area (Å²) < 4.78 is 15.0. The monoisotopic (exact) mass is 244 g/mol. The van der Waals surface area contributed by atoms with Gasteiger partial charge in [-0.2, -0.15) is 0 Å². The van der Waals surface area contributed by atoms with Crippen LogP contribution in [0.5, 0.6) is 0 Å². The molecule has 6 nitrogen and oxygen atoms in total. The van der Waals surface area contributed by atoms with Crippen molar-refractivity contribution in [3.05, 3.63) is 0 Å². The van der Waals surface area contributed by atoms with Crippen LogP contribution in [0.4, 0.5) is 0 Å². The Morgan fingerprint density at radius 3 is 1.71 bits per heavy atom. The highest BCUT2D eigenvalue weighted by molar-refractivity contribution is 5.66. The molecule has 96 valence electrons. The number of hydrogen-bond donors (Lipinski definition) is 0. The second kappa shape index (κ2) is 6.22. The minimum Gasteiger partial charge on any atom is -0.464 e. The first-order chi connectivity index (χ1) is 8.01. The number of esters is 2. The first-order valence-electron chi connectivity index (χ1n) is 5.44. The fraction of sp³-hybridized carbons (Fsp3) is 0.727. The van der Waals surface area contributed by atoms with E-state index in [2.05, 4.69) is 0 Å². The predicted octanol–water partition coefficient (Wildman–Crippen LogP) is 0.575. The number of ether oxygens (including phenoxy) is 3. The minimum atomic E-state index is -0.400. The smallest absolute Gasteiger partial charge is 0.302 e. The number of rotatable bonds is 4. The summed E-state index contributed by atoms with van der Waals surface area (Å²) in [6.45, 7) is 2.97. The van der Waals surface area contributed by atoms with Crippen molar-refractivity contribution in [2.24, 2.45) is 0 Å². The lowest BCUT2D eigenvalue weighted by Crippen LogP contribution is -2.38. The van der Waals surface area contributed by atoms with Crippen LogP contribution in [0, 0.1) is 0 Å². The molecule has 1 fully saturated rings. The van der Waals surface area contributed by atoms with Crippen LogP contribution in [0.3, 0.4) is 0 Å². The zero-order valence-electron chi connectivity index (χ0n) is 9.88. The molecule has 0 spiro atoms. The SMILES string of the molecule is CC(=O)OC1CC(OC=O)CC(OC(C)=O)C1. The fourth-order valence-electron chi connectivity index (χ4n) is 2.02. The lowest BCUT2D eigenvalue weighted by atomic mass is 9.92. The van der Waals surface area contributed by atoms with Gasteiger partial charge in [0.05, 0.1) is 0 Å². The summed E-state index contributed by atoms with van der Waals surface area (Å²) in [5, 5.41) is 0. The minimum absolute atomic E-state index is 0.353. The lowest BCUT2D eigenvalue weighted by molar-refractivity contribution is -0.163. The lowest BCUT2D eigenvalue weighted by Gasteiger charge is -2.32. The normalized spacial score (nSPS) is 28.0. The van der Waals surface area contributed by atoms with E-state index >= 15 is 0 Å². The molecule has 17 heavy (non-hydrogen) atoms. The van der Waals surface area contributed by atoms with Gasteiger partial charge in [0.15, 0.2) is 0 Å². The first kappa shape index (κ1) is 13.5. The van der Waals surface area contributed by atoms with E-state index in [4.69, 9.17) is 14.2 Å². The zero-order chi connectivity index (χ0) is 12.8. The van der Waals surface area contributed by atoms with Crippen molar-refractivity contribution in [3.8, 4) is 0 Å². The van der Waals surface area contributed by atoms with Gasteiger partial charge in [-0.05, 0) is 0 Å². The van der Waals surface area contributed by atoms with Crippen LogP contribution in [-0.2, 0) is 28.6 Å². The molecule has 6 heteroatoms. The molecule has 1 aliphatic rings. The van der Waals surface area contributed by atoms with Gasteiger partial charge in [-0.15, -0.1) is 0 Å². The van der Waals surface area contributed by atoms with Gasteiger partial charge >= 0.3 is 11.9 Å². The van der Waals surface area contributed by atoms with Crippen LogP contribution in [-0.4, -0.2) is 36.7 Å². The van der Waals surface area contributed by atoms with Crippen molar-refractivity contribution in [1.82, 2.24) is 0 Å². The van der Waals surface area contributed by atoms with Crippen molar-refractivity contribution in [2.45, 2.75) is 51.4 Å². The van der Waals surface area contributed by atoms with E-state index in [0.29, 0.717) is 25.7 Å². The molecule has 2 atom stereocenters. The molecular weight excluding hydrogens is 228 g/mol.